The number of rotatable bonds is 6. The first-order valence-electron chi connectivity index (χ1n) is 9.34. The predicted molar refractivity (Wildman–Crippen MR) is 117 cm³/mol. The zero-order valence-corrected chi connectivity index (χ0v) is 16.8. The number of anilines is 1. The quantitative estimate of drug-likeness (QED) is 0.473. The number of carbonyl (C=O) groups is 1. The van der Waals surface area contributed by atoms with E-state index < -0.39 is 0 Å². The lowest BCUT2D eigenvalue weighted by atomic mass is 10.0. The molecule has 4 rings (SSSR count). The van der Waals surface area contributed by atoms with Crippen molar-refractivity contribution in [3.8, 4) is 5.69 Å². The van der Waals surface area contributed by atoms with Gasteiger partial charge in [0, 0.05) is 16.8 Å². The summed E-state index contributed by atoms with van der Waals surface area (Å²) in [6.45, 7) is 2.09. The molecule has 146 valence electrons. The van der Waals surface area contributed by atoms with Crippen LogP contribution in [0.2, 0.25) is 0 Å². The summed E-state index contributed by atoms with van der Waals surface area (Å²) in [5.41, 5.74) is 5.60. The molecule has 7 heteroatoms. The number of imidazole rings is 1. The normalized spacial score (nSPS) is 11.0. The number of pyridine rings is 1. The molecule has 1 amide bonds. The van der Waals surface area contributed by atoms with E-state index >= 15 is 0 Å². The Bertz CT molecular complexity index is 1170. The van der Waals surface area contributed by atoms with Gasteiger partial charge in [-0.05, 0) is 53.8 Å². The van der Waals surface area contributed by atoms with E-state index in [1.807, 2.05) is 47.0 Å². The fraction of sp³-hybridized carbons (Fsp3) is 0.136. The summed E-state index contributed by atoms with van der Waals surface area (Å²) in [5, 5.41) is 8.90. The van der Waals surface area contributed by atoms with E-state index in [0.717, 1.165) is 45.5 Å². The molecular weight excluding hydrogens is 382 g/mol. The van der Waals surface area contributed by atoms with E-state index in [-0.39, 0.29) is 5.91 Å². The minimum atomic E-state index is -0.0519. The summed E-state index contributed by atoms with van der Waals surface area (Å²) in [6, 6.07) is 15.6. The number of fused-ring (bicyclic) bond motifs is 1. The SMILES string of the molecule is CCc1ccccc1CC(=O)Nc1ccc(-n2cnc3ccncc32)c(SN)c1. The van der Waals surface area contributed by atoms with Crippen molar-refractivity contribution in [2.45, 2.75) is 24.7 Å². The molecule has 0 radical (unpaired) electrons. The van der Waals surface area contributed by atoms with Crippen molar-refractivity contribution in [3.63, 3.8) is 0 Å². The van der Waals surface area contributed by atoms with Crippen molar-refractivity contribution in [3.05, 3.63) is 78.4 Å². The number of nitrogens with one attached hydrogen (secondary N) is 1. The molecule has 2 aromatic heterocycles. The number of amides is 1. The van der Waals surface area contributed by atoms with Crippen LogP contribution in [0.1, 0.15) is 18.1 Å². The number of nitrogens with two attached hydrogens (primary N) is 1. The summed E-state index contributed by atoms with van der Waals surface area (Å²) in [6.07, 6.45) is 6.48. The highest BCUT2D eigenvalue weighted by Gasteiger charge is 2.12. The molecule has 0 atom stereocenters. The minimum Gasteiger partial charge on any atom is -0.326 e. The highest BCUT2D eigenvalue weighted by molar-refractivity contribution is 7.97. The van der Waals surface area contributed by atoms with Crippen molar-refractivity contribution >= 4 is 34.6 Å². The summed E-state index contributed by atoms with van der Waals surface area (Å²) in [7, 11) is 0. The molecule has 0 aliphatic carbocycles. The van der Waals surface area contributed by atoms with Gasteiger partial charge in [-0.1, -0.05) is 31.2 Å². The molecule has 0 fully saturated rings. The van der Waals surface area contributed by atoms with Gasteiger partial charge in [-0.3, -0.25) is 19.5 Å². The van der Waals surface area contributed by atoms with E-state index in [4.69, 9.17) is 5.14 Å². The fourth-order valence-electron chi connectivity index (χ4n) is 3.39. The van der Waals surface area contributed by atoms with Crippen molar-refractivity contribution < 1.29 is 4.79 Å². The van der Waals surface area contributed by atoms with Crippen LogP contribution in [0.15, 0.2) is 72.1 Å². The van der Waals surface area contributed by atoms with Crippen LogP contribution in [0.4, 0.5) is 5.69 Å². The molecule has 6 nitrogen and oxygen atoms in total. The smallest absolute Gasteiger partial charge is 0.228 e. The van der Waals surface area contributed by atoms with E-state index in [1.54, 1.807) is 18.7 Å². The Morgan fingerprint density at radius 3 is 2.79 bits per heavy atom. The van der Waals surface area contributed by atoms with Crippen molar-refractivity contribution in [2.75, 3.05) is 5.32 Å². The number of carbonyl (C=O) groups excluding carboxylic acids is 1. The van der Waals surface area contributed by atoms with Gasteiger partial charge in [0.2, 0.25) is 5.91 Å². The number of aromatic nitrogens is 3. The number of nitrogens with zero attached hydrogens (tertiary/aromatic N) is 3. The third-order valence-corrected chi connectivity index (χ3v) is 5.41. The van der Waals surface area contributed by atoms with Crippen LogP contribution in [0, 0.1) is 0 Å². The standard InChI is InChI=1S/C22H21N5OS/c1-2-15-5-3-4-6-16(15)11-22(28)26-17-7-8-19(21(12-17)29-23)27-14-25-18-9-10-24-13-20(18)27/h3-10,12-14H,2,11,23H2,1H3,(H,26,28). The van der Waals surface area contributed by atoms with Crippen LogP contribution >= 0.6 is 11.9 Å². The first-order valence-corrected chi connectivity index (χ1v) is 10.2. The van der Waals surface area contributed by atoms with Gasteiger partial charge >= 0.3 is 0 Å². The average Bonchev–Trinajstić information content (AvgIpc) is 3.18. The van der Waals surface area contributed by atoms with Gasteiger partial charge in [0.25, 0.3) is 0 Å². The Balaban J connectivity index is 1.57. The third-order valence-electron chi connectivity index (χ3n) is 4.83. The van der Waals surface area contributed by atoms with E-state index in [9.17, 15) is 4.79 Å². The zero-order chi connectivity index (χ0) is 20.2. The largest absolute Gasteiger partial charge is 0.326 e. The van der Waals surface area contributed by atoms with Gasteiger partial charge in [0.1, 0.15) is 6.33 Å². The second kappa shape index (κ2) is 8.46. The number of hydrogen-bond donors (Lipinski definition) is 2. The van der Waals surface area contributed by atoms with E-state index in [1.165, 1.54) is 5.56 Å². The molecule has 29 heavy (non-hydrogen) atoms. The summed E-state index contributed by atoms with van der Waals surface area (Å²) >= 11 is 1.13. The first kappa shape index (κ1) is 19.2. The molecule has 0 saturated heterocycles. The Morgan fingerprint density at radius 2 is 2.00 bits per heavy atom. The van der Waals surface area contributed by atoms with Crippen LogP contribution in [-0.2, 0) is 17.6 Å². The van der Waals surface area contributed by atoms with Crippen LogP contribution in [-0.4, -0.2) is 20.4 Å². The zero-order valence-electron chi connectivity index (χ0n) is 16.0. The second-order valence-electron chi connectivity index (χ2n) is 6.63. The molecular formula is C22H21N5OS. The fourth-order valence-corrected chi connectivity index (χ4v) is 3.87. The summed E-state index contributed by atoms with van der Waals surface area (Å²) in [5.74, 6) is -0.0519. The molecule has 4 aromatic rings. The second-order valence-corrected chi connectivity index (χ2v) is 7.30. The Hall–Kier alpha value is -3.16. The van der Waals surface area contributed by atoms with E-state index in [2.05, 4.69) is 28.3 Å². The lowest BCUT2D eigenvalue weighted by molar-refractivity contribution is -0.115. The van der Waals surface area contributed by atoms with E-state index in [0.29, 0.717) is 12.1 Å². The van der Waals surface area contributed by atoms with Crippen molar-refractivity contribution in [2.24, 2.45) is 5.14 Å². The Labute approximate surface area is 173 Å². The predicted octanol–water partition coefficient (Wildman–Crippen LogP) is 4.13. The molecule has 0 saturated carbocycles. The molecule has 2 heterocycles. The summed E-state index contributed by atoms with van der Waals surface area (Å²) in [4.78, 5) is 22.0. The maximum absolute atomic E-state index is 12.6. The van der Waals surface area contributed by atoms with Gasteiger partial charge < -0.3 is 5.32 Å². The van der Waals surface area contributed by atoms with Gasteiger partial charge in [-0.15, -0.1) is 0 Å². The van der Waals surface area contributed by atoms with Crippen LogP contribution in [0.25, 0.3) is 16.7 Å². The van der Waals surface area contributed by atoms with Gasteiger partial charge in [0.15, 0.2) is 0 Å². The maximum Gasteiger partial charge on any atom is 0.228 e. The number of benzene rings is 2. The third kappa shape index (κ3) is 4.01. The Morgan fingerprint density at radius 1 is 1.17 bits per heavy atom. The lowest BCUT2D eigenvalue weighted by Crippen LogP contribution is -2.15. The summed E-state index contributed by atoms with van der Waals surface area (Å²) < 4.78 is 1.95. The minimum absolute atomic E-state index is 0.0519. The average molecular weight is 404 g/mol. The molecule has 0 aliphatic rings. The molecule has 2 aromatic carbocycles. The van der Waals surface area contributed by atoms with Crippen LogP contribution < -0.4 is 10.5 Å². The maximum atomic E-state index is 12.6. The number of aryl methyl sites for hydroxylation is 1. The van der Waals surface area contributed by atoms with Gasteiger partial charge in [0.05, 0.1) is 29.3 Å². The highest BCUT2D eigenvalue weighted by Crippen LogP contribution is 2.28. The molecule has 0 spiro atoms. The monoisotopic (exact) mass is 403 g/mol. The molecule has 0 unspecified atom stereocenters. The molecule has 3 N–H and O–H groups in total. The molecule has 0 bridgehead atoms. The highest BCUT2D eigenvalue weighted by atomic mass is 32.2. The van der Waals surface area contributed by atoms with Crippen molar-refractivity contribution in [1.82, 2.24) is 14.5 Å². The number of hydrogen-bond acceptors (Lipinski definition) is 5. The van der Waals surface area contributed by atoms with Gasteiger partial charge in [-0.2, -0.15) is 0 Å². The topological polar surface area (TPSA) is 85.8 Å². The van der Waals surface area contributed by atoms with Gasteiger partial charge in [-0.25, -0.2) is 4.98 Å². The first-order chi connectivity index (χ1) is 14.2. The van der Waals surface area contributed by atoms with Crippen LogP contribution in [0.5, 0.6) is 0 Å². The lowest BCUT2D eigenvalue weighted by Gasteiger charge is -2.13. The molecule has 0 aliphatic heterocycles. The van der Waals surface area contributed by atoms with Crippen LogP contribution in [0.3, 0.4) is 0 Å². The Kier molecular flexibility index (Phi) is 5.59. The van der Waals surface area contributed by atoms with Crippen molar-refractivity contribution in [1.29, 1.82) is 0 Å².